The van der Waals surface area contributed by atoms with Crippen LogP contribution in [0.3, 0.4) is 0 Å². The van der Waals surface area contributed by atoms with Gasteiger partial charge in [0.05, 0.1) is 5.75 Å². The Hall–Kier alpha value is -0.870. The molecule has 156 valence electrons. The van der Waals surface area contributed by atoms with Gasteiger partial charge in [0.15, 0.2) is 5.96 Å². The summed E-state index contributed by atoms with van der Waals surface area (Å²) in [4.78, 5) is 4.53. The zero-order valence-corrected chi connectivity index (χ0v) is 20.4. The Morgan fingerprint density at radius 3 is 2.30 bits per heavy atom. The fraction of sp³-hybridized carbons (Fsp3) is 0.632. The van der Waals surface area contributed by atoms with Crippen molar-refractivity contribution in [1.82, 2.24) is 14.9 Å². The van der Waals surface area contributed by atoms with E-state index in [4.69, 9.17) is 0 Å². The highest BCUT2D eigenvalue weighted by Crippen LogP contribution is 2.09. The summed E-state index contributed by atoms with van der Waals surface area (Å²) in [5, 5.41) is 6.57. The van der Waals surface area contributed by atoms with Gasteiger partial charge in [-0.15, -0.1) is 24.0 Å². The Balaban J connectivity index is 0.00000676. The van der Waals surface area contributed by atoms with Crippen LogP contribution in [0.1, 0.15) is 37.0 Å². The van der Waals surface area contributed by atoms with Crippen molar-refractivity contribution in [1.29, 1.82) is 0 Å². The Labute approximate surface area is 182 Å². The van der Waals surface area contributed by atoms with Crippen LogP contribution in [-0.4, -0.2) is 57.7 Å². The normalized spacial score (nSPS) is 12.0. The quantitative estimate of drug-likeness (QED) is 0.220. The van der Waals surface area contributed by atoms with Gasteiger partial charge < -0.3 is 10.6 Å². The predicted molar refractivity (Wildman–Crippen MR) is 126 cm³/mol. The van der Waals surface area contributed by atoms with E-state index in [9.17, 15) is 8.42 Å². The monoisotopic (exact) mass is 510 g/mol. The number of aryl methyl sites for hydroxylation is 2. The zero-order valence-electron chi connectivity index (χ0n) is 17.2. The van der Waals surface area contributed by atoms with Crippen LogP contribution in [0.2, 0.25) is 0 Å². The van der Waals surface area contributed by atoms with Crippen molar-refractivity contribution in [3.8, 4) is 0 Å². The molecule has 1 aromatic rings. The van der Waals surface area contributed by atoms with Gasteiger partial charge >= 0.3 is 0 Å². The van der Waals surface area contributed by atoms with Crippen LogP contribution in [0, 0.1) is 13.8 Å². The topological polar surface area (TPSA) is 73.8 Å². The highest BCUT2D eigenvalue weighted by atomic mass is 127. The molecule has 6 nitrogen and oxygen atoms in total. The molecule has 0 aliphatic heterocycles. The number of nitrogens with one attached hydrogen (secondary N) is 2. The number of guanidine groups is 1. The maximum absolute atomic E-state index is 11.7. The van der Waals surface area contributed by atoms with Gasteiger partial charge in [-0.05, 0) is 46.1 Å². The van der Waals surface area contributed by atoms with Gasteiger partial charge in [0.25, 0.3) is 0 Å². The van der Waals surface area contributed by atoms with Crippen LogP contribution >= 0.6 is 24.0 Å². The summed E-state index contributed by atoms with van der Waals surface area (Å²) in [7, 11) is -1.49. The summed E-state index contributed by atoms with van der Waals surface area (Å²) < 4.78 is 24.8. The van der Waals surface area contributed by atoms with Gasteiger partial charge in [0.2, 0.25) is 10.0 Å². The third kappa shape index (κ3) is 10.3. The summed E-state index contributed by atoms with van der Waals surface area (Å²) in [6.07, 6.45) is 1.63. The van der Waals surface area contributed by atoms with Crippen LogP contribution in [-0.2, 0) is 16.4 Å². The third-order valence-electron chi connectivity index (χ3n) is 4.07. The fourth-order valence-electron chi connectivity index (χ4n) is 2.72. The van der Waals surface area contributed by atoms with E-state index in [2.05, 4.69) is 47.7 Å². The molecule has 2 N–H and O–H groups in total. The number of aliphatic imine (C=N–C) groups is 1. The molecule has 0 spiro atoms. The number of nitrogens with zero attached hydrogens (tertiary/aromatic N) is 2. The van der Waals surface area contributed by atoms with Crippen LogP contribution in [0.4, 0.5) is 0 Å². The molecule has 0 saturated heterocycles. The molecule has 27 heavy (non-hydrogen) atoms. The smallest absolute Gasteiger partial charge is 0.213 e. The number of halogens is 1. The second-order valence-electron chi connectivity index (χ2n) is 6.51. The lowest BCUT2D eigenvalue weighted by atomic mass is 10.1. The van der Waals surface area contributed by atoms with Gasteiger partial charge in [-0.3, -0.25) is 4.99 Å². The molecule has 0 atom stereocenters. The first-order valence-corrected chi connectivity index (χ1v) is 10.9. The fourth-order valence-corrected chi connectivity index (χ4v) is 3.57. The van der Waals surface area contributed by atoms with E-state index in [1.165, 1.54) is 21.0 Å². The second kappa shape index (κ2) is 13.3. The van der Waals surface area contributed by atoms with Gasteiger partial charge in [0.1, 0.15) is 0 Å². The highest BCUT2D eigenvalue weighted by molar-refractivity contribution is 14.0. The van der Waals surface area contributed by atoms with Crippen molar-refractivity contribution >= 4 is 40.0 Å². The number of sulfonamides is 1. The third-order valence-corrected chi connectivity index (χ3v) is 5.93. The van der Waals surface area contributed by atoms with Crippen molar-refractivity contribution in [2.45, 2.75) is 40.5 Å². The zero-order chi connectivity index (χ0) is 19.6. The molecular formula is C19H35IN4O2S. The van der Waals surface area contributed by atoms with Gasteiger partial charge in [-0.25, -0.2) is 12.7 Å². The summed E-state index contributed by atoms with van der Waals surface area (Å²) >= 11 is 0. The largest absolute Gasteiger partial charge is 0.357 e. The number of hydrogen-bond donors (Lipinski definition) is 2. The molecule has 8 heteroatoms. The first-order valence-electron chi connectivity index (χ1n) is 9.31. The van der Waals surface area contributed by atoms with Crippen LogP contribution in [0.5, 0.6) is 0 Å². The molecule has 0 bridgehead atoms. The molecule has 0 unspecified atom stereocenters. The lowest BCUT2D eigenvalue weighted by Gasteiger charge is -2.15. The second-order valence-corrected chi connectivity index (χ2v) is 8.87. The first-order chi connectivity index (χ1) is 12.3. The molecule has 0 heterocycles. The predicted octanol–water partition coefficient (Wildman–Crippen LogP) is 2.69. The molecular weight excluding hydrogens is 475 g/mol. The summed E-state index contributed by atoms with van der Waals surface area (Å²) in [5.41, 5.74) is 3.88. The van der Waals surface area contributed by atoms with Crippen LogP contribution < -0.4 is 10.6 Å². The molecule has 0 aliphatic carbocycles. The molecule has 1 aromatic carbocycles. The molecule has 0 saturated carbocycles. The van der Waals surface area contributed by atoms with Crippen molar-refractivity contribution in [3.05, 3.63) is 34.9 Å². The minimum absolute atomic E-state index is 0. The van der Waals surface area contributed by atoms with Crippen LogP contribution in [0.25, 0.3) is 0 Å². The highest BCUT2D eigenvalue weighted by Gasteiger charge is 2.13. The molecule has 0 aromatic heterocycles. The summed E-state index contributed by atoms with van der Waals surface area (Å²) in [6, 6.07) is 6.60. The van der Waals surface area contributed by atoms with E-state index in [-0.39, 0.29) is 29.7 Å². The number of benzene rings is 1. The van der Waals surface area contributed by atoms with E-state index in [1.54, 1.807) is 14.0 Å². The van der Waals surface area contributed by atoms with Crippen molar-refractivity contribution in [2.24, 2.45) is 4.99 Å². The van der Waals surface area contributed by atoms with Crippen molar-refractivity contribution in [3.63, 3.8) is 0 Å². The minimum Gasteiger partial charge on any atom is -0.357 e. The maximum Gasteiger partial charge on any atom is 0.213 e. The number of hydrogen-bond acceptors (Lipinski definition) is 3. The average molecular weight is 510 g/mol. The molecule has 1 rings (SSSR count). The Kier molecular flexibility index (Phi) is 12.9. The number of rotatable bonds is 10. The van der Waals surface area contributed by atoms with Gasteiger partial charge in [-0.1, -0.05) is 29.3 Å². The van der Waals surface area contributed by atoms with Crippen molar-refractivity contribution in [2.75, 3.05) is 39.0 Å². The lowest BCUT2D eigenvalue weighted by Crippen LogP contribution is -2.38. The van der Waals surface area contributed by atoms with Gasteiger partial charge in [0, 0.05) is 33.2 Å². The Bertz CT molecular complexity index is 673. The summed E-state index contributed by atoms with van der Waals surface area (Å²) in [5.74, 6) is 0.910. The Morgan fingerprint density at radius 1 is 1.11 bits per heavy atom. The van der Waals surface area contributed by atoms with E-state index in [0.717, 1.165) is 25.5 Å². The minimum atomic E-state index is -3.11. The van der Waals surface area contributed by atoms with E-state index in [1.807, 2.05) is 6.92 Å². The average Bonchev–Trinajstić information content (AvgIpc) is 2.57. The van der Waals surface area contributed by atoms with E-state index >= 15 is 0 Å². The van der Waals surface area contributed by atoms with E-state index < -0.39 is 10.0 Å². The molecule has 0 radical (unpaired) electrons. The molecule has 0 aliphatic rings. The first kappa shape index (κ1) is 26.1. The molecule has 0 amide bonds. The summed E-state index contributed by atoms with van der Waals surface area (Å²) in [6.45, 7) is 10.6. The maximum atomic E-state index is 11.7. The molecule has 0 fully saturated rings. The SMILES string of the molecule is CCNC(=NCCCN(C)S(=O)(=O)CC)NCCc1cc(C)cc(C)c1.I. The van der Waals surface area contributed by atoms with Gasteiger partial charge in [-0.2, -0.15) is 0 Å². The standard InChI is InChI=1S/C19H34N4O2S.HI/c1-6-20-19(21-10-8-12-23(5)26(24,25)7-2)22-11-9-18-14-16(3)13-17(4)15-18;/h13-15H,6-12H2,1-5H3,(H2,20,21,22);1H. The lowest BCUT2D eigenvalue weighted by molar-refractivity contribution is 0.465. The van der Waals surface area contributed by atoms with Crippen LogP contribution in [0.15, 0.2) is 23.2 Å². The Morgan fingerprint density at radius 2 is 1.74 bits per heavy atom. The van der Waals surface area contributed by atoms with Crippen molar-refractivity contribution < 1.29 is 8.42 Å². The van der Waals surface area contributed by atoms with E-state index in [0.29, 0.717) is 19.5 Å².